The Kier molecular flexibility index (Phi) is 3.43. The number of nitrogens with two attached hydrogens (primary N) is 1. The molecule has 0 spiro atoms. The Labute approximate surface area is 77.7 Å². The Morgan fingerprint density at radius 1 is 1.07 bits per heavy atom. The molecule has 0 saturated carbocycles. The van der Waals surface area contributed by atoms with E-state index < -0.39 is 24.1 Å². The van der Waals surface area contributed by atoms with Crippen LogP contribution in [0.4, 0.5) is 17.6 Å². The molecule has 0 aromatic heterocycles. The first-order valence-corrected chi connectivity index (χ1v) is 3.75. The second-order valence-electron chi connectivity index (χ2n) is 2.68. The molecule has 0 fully saturated rings. The molecule has 2 nitrogen and oxygen atoms in total. The molecule has 1 rings (SSSR count). The fraction of sp³-hybridized carbons (Fsp3) is 0.250. The van der Waals surface area contributed by atoms with Crippen molar-refractivity contribution in [1.82, 2.24) is 5.43 Å². The summed E-state index contributed by atoms with van der Waals surface area (Å²) in [6, 6.07) is 0.641. The van der Waals surface area contributed by atoms with E-state index in [1.54, 1.807) is 5.43 Å². The molecule has 0 radical (unpaired) electrons. The zero-order valence-corrected chi connectivity index (χ0v) is 6.98. The van der Waals surface area contributed by atoms with Gasteiger partial charge in [0.2, 0.25) is 0 Å². The van der Waals surface area contributed by atoms with E-state index in [4.69, 9.17) is 5.84 Å². The first-order valence-electron chi connectivity index (χ1n) is 3.75. The minimum absolute atomic E-state index is 0.222. The molecule has 14 heavy (non-hydrogen) atoms. The van der Waals surface area contributed by atoms with E-state index in [1.165, 1.54) is 0 Å². The van der Waals surface area contributed by atoms with Gasteiger partial charge in [-0.3, -0.25) is 5.84 Å². The van der Waals surface area contributed by atoms with E-state index >= 15 is 0 Å². The molecule has 0 amide bonds. The maximum atomic E-state index is 12.6. The van der Waals surface area contributed by atoms with Crippen LogP contribution in [-0.2, 0) is 0 Å². The summed E-state index contributed by atoms with van der Waals surface area (Å²) in [6.45, 7) is 0. The summed E-state index contributed by atoms with van der Waals surface area (Å²) in [5.41, 5.74) is 1.57. The lowest BCUT2D eigenvalue weighted by molar-refractivity contribution is 0.0984. The molecule has 3 N–H and O–H groups in total. The van der Waals surface area contributed by atoms with Crippen molar-refractivity contribution >= 4 is 0 Å². The van der Waals surface area contributed by atoms with E-state index in [2.05, 4.69) is 0 Å². The van der Waals surface area contributed by atoms with Gasteiger partial charge < -0.3 is 0 Å². The number of hydrazine groups is 1. The van der Waals surface area contributed by atoms with Crippen LogP contribution in [0.2, 0.25) is 0 Å². The van der Waals surface area contributed by atoms with E-state index in [-0.39, 0.29) is 5.56 Å². The van der Waals surface area contributed by atoms with Gasteiger partial charge in [-0.1, -0.05) is 0 Å². The monoisotopic (exact) mass is 208 g/mol. The lowest BCUT2D eigenvalue weighted by atomic mass is 10.1. The van der Waals surface area contributed by atoms with Gasteiger partial charge in [0.15, 0.2) is 0 Å². The maximum Gasteiger partial charge on any atom is 0.259 e. The number of hydrogen-bond acceptors (Lipinski definition) is 2. The molecule has 0 bridgehead atoms. The largest absolute Gasteiger partial charge is 0.271 e. The van der Waals surface area contributed by atoms with Crippen LogP contribution < -0.4 is 11.3 Å². The van der Waals surface area contributed by atoms with E-state index in [1.807, 2.05) is 0 Å². The van der Waals surface area contributed by atoms with Crippen LogP contribution in [0, 0.1) is 11.6 Å². The predicted octanol–water partition coefficient (Wildman–Crippen LogP) is 1.73. The Morgan fingerprint density at radius 2 is 1.57 bits per heavy atom. The molecule has 1 unspecified atom stereocenters. The number of halogens is 4. The molecule has 0 saturated heterocycles. The Morgan fingerprint density at radius 3 is 1.93 bits per heavy atom. The number of rotatable bonds is 3. The molecule has 0 aliphatic rings. The van der Waals surface area contributed by atoms with Gasteiger partial charge in [-0.05, 0) is 17.7 Å². The third kappa shape index (κ3) is 2.43. The van der Waals surface area contributed by atoms with E-state index in [0.717, 1.165) is 12.1 Å². The van der Waals surface area contributed by atoms with Gasteiger partial charge in [-0.15, -0.1) is 0 Å². The number of alkyl halides is 2. The summed E-state index contributed by atoms with van der Waals surface area (Å²) in [5.74, 6) is 3.00. The van der Waals surface area contributed by atoms with Gasteiger partial charge in [0.1, 0.15) is 17.7 Å². The average molecular weight is 208 g/mol. The van der Waals surface area contributed by atoms with Crippen LogP contribution in [0.1, 0.15) is 11.6 Å². The molecule has 1 aromatic carbocycles. The summed E-state index contributed by atoms with van der Waals surface area (Å²) >= 11 is 0. The van der Waals surface area contributed by atoms with Crippen molar-refractivity contribution in [2.45, 2.75) is 12.5 Å². The molecule has 0 aliphatic heterocycles. The smallest absolute Gasteiger partial charge is 0.259 e. The van der Waals surface area contributed by atoms with Gasteiger partial charge in [0, 0.05) is 6.07 Å². The normalized spacial score (nSPS) is 13.3. The van der Waals surface area contributed by atoms with Gasteiger partial charge in [-0.2, -0.15) is 0 Å². The summed E-state index contributed by atoms with van der Waals surface area (Å²) in [5, 5.41) is 0. The Balaban J connectivity index is 3.04. The van der Waals surface area contributed by atoms with Crippen molar-refractivity contribution in [2.24, 2.45) is 5.84 Å². The molecule has 1 aromatic rings. The lowest BCUT2D eigenvalue weighted by Crippen LogP contribution is -2.33. The SMILES string of the molecule is NNC(c1cc(F)cc(F)c1)C(F)F. The van der Waals surface area contributed by atoms with Crippen LogP contribution >= 0.6 is 0 Å². The van der Waals surface area contributed by atoms with Gasteiger partial charge in [0.05, 0.1) is 0 Å². The van der Waals surface area contributed by atoms with Crippen LogP contribution in [-0.4, -0.2) is 6.43 Å². The molecule has 0 heterocycles. The molecule has 78 valence electrons. The highest BCUT2D eigenvalue weighted by molar-refractivity contribution is 5.21. The van der Waals surface area contributed by atoms with Gasteiger partial charge in [-0.25, -0.2) is 23.0 Å². The molecule has 0 aliphatic carbocycles. The Hall–Kier alpha value is -1.14. The standard InChI is InChI=1S/C8H8F4N2/c9-5-1-4(2-6(10)3-5)7(14-13)8(11)12/h1-3,7-8,14H,13H2. The summed E-state index contributed by atoms with van der Waals surface area (Å²) in [6.07, 6.45) is -2.83. The quantitative estimate of drug-likeness (QED) is 0.451. The molecular formula is C8H8F4N2. The third-order valence-electron chi connectivity index (χ3n) is 1.68. The number of hydrogen-bond donors (Lipinski definition) is 2. The number of benzene rings is 1. The summed E-state index contributed by atoms with van der Waals surface area (Å²) in [4.78, 5) is 0. The fourth-order valence-corrected chi connectivity index (χ4v) is 1.07. The first kappa shape index (κ1) is 10.9. The highest BCUT2D eigenvalue weighted by atomic mass is 19.3. The molecule has 6 heteroatoms. The van der Waals surface area contributed by atoms with Crippen LogP contribution in [0.25, 0.3) is 0 Å². The predicted molar refractivity (Wildman–Crippen MR) is 42.4 cm³/mol. The number of nitrogens with one attached hydrogen (secondary N) is 1. The lowest BCUT2D eigenvalue weighted by Gasteiger charge is -2.14. The fourth-order valence-electron chi connectivity index (χ4n) is 1.07. The van der Waals surface area contributed by atoms with Crippen molar-refractivity contribution in [3.8, 4) is 0 Å². The maximum absolute atomic E-state index is 12.6. The van der Waals surface area contributed by atoms with Crippen molar-refractivity contribution in [3.63, 3.8) is 0 Å². The topological polar surface area (TPSA) is 38.0 Å². The zero-order valence-electron chi connectivity index (χ0n) is 6.98. The van der Waals surface area contributed by atoms with Crippen LogP contribution in [0.3, 0.4) is 0 Å². The Bertz CT molecular complexity index is 296. The van der Waals surface area contributed by atoms with Crippen molar-refractivity contribution in [1.29, 1.82) is 0 Å². The summed E-state index contributed by atoms with van der Waals surface area (Å²) < 4.78 is 49.8. The highest BCUT2D eigenvalue weighted by Crippen LogP contribution is 2.21. The van der Waals surface area contributed by atoms with Crippen LogP contribution in [0.5, 0.6) is 0 Å². The van der Waals surface area contributed by atoms with Crippen LogP contribution in [0.15, 0.2) is 18.2 Å². The zero-order chi connectivity index (χ0) is 10.7. The van der Waals surface area contributed by atoms with Crippen molar-refractivity contribution in [2.75, 3.05) is 0 Å². The van der Waals surface area contributed by atoms with E-state index in [0.29, 0.717) is 6.07 Å². The van der Waals surface area contributed by atoms with Crippen molar-refractivity contribution < 1.29 is 17.6 Å². The van der Waals surface area contributed by atoms with E-state index in [9.17, 15) is 17.6 Å². The van der Waals surface area contributed by atoms with Crippen molar-refractivity contribution in [3.05, 3.63) is 35.4 Å². The third-order valence-corrected chi connectivity index (χ3v) is 1.68. The first-order chi connectivity index (χ1) is 6.54. The second kappa shape index (κ2) is 4.39. The minimum Gasteiger partial charge on any atom is -0.271 e. The molecular weight excluding hydrogens is 200 g/mol. The second-order valence-corrected chi connectivity index (χ2v) is 2.68. The van der Waals surface area contributed by atoms with Gasteiger partial charge in [0.25, 0.3) is 6.43 Å². The van der Waals surface area contributed by atoms with Gasteiger partial charge >= 0.3 is 0 Å². The average Bonchev–Trinajstić information content (AvgIpc) is 2.02. The summed E-state index contributed by atoms with van der Waals surface area (Å²) in [7, 11) is 0. The minimum atomic E-state index is -2.83. The molecule has 1 atom stereocenters. The highest BCUT2D eigenvalue weighted by Gasteiger charge is 2.21.